The maximum atomic E-state index is 2.50. The molecule has 0 bridgehead atoms. The number of rotatable bonds is 1. The maximum absolute atomic E-state index is 2.50. The zero-order chi connectivity index (χ0) is 25.6. The lowest BCUT2D eigenvalue weighted by Crippen LogP contribution is -2.31. The van der Waals surface area contributed by atoms with E-state index in [0.717, 1.165) is 0 Å². The van der Waals surface area contributed by atoms with Gasteiger partial charge in [0.1, 0.15) is 0 Å². The molecule has 2 heteroatoms. The average Bonchev–Trinajstić information content (AvgIpc) is 3.47. The Morgan fingerprint density at radius 1 is 0.436 bits per heavy atom. The van der Waals surface area contributed by atoms with Crippen LogP contribution >= 0.6 is 11.8 Å². The molecule has 0 saturated carbocycles. The molecule has 0 atom stereocenters. The number of hydrogen-bond acceptors (Lipinski definition) is 1. The van der Waals surface area contributed by atoms with Crippen LogP contribution in [-0.2, 0) is 5.41 Å². The summed E-state index contributed by atoms with van der Waals surface area (Å²) in [5.74, 6) is 0. The quantitative estimate of drug-likeness (QED) is 0.211. The summed E-state index contributed by atoms with van der Waals surface area (Å²) in [6.45, 7) is 0. The normalized spacial score (nSPS) is 14.3. The Hall–Kier alpha value is -4.53. The Bertz CT molecular complexity index is 2050. The van der Waals surface area contributed by atoms with Crippen LogP contribution in [0.25, 0.3) is 38.6 Å². The fourth-order valence-electron chi connectivity index (χ4n) is 7.17. The Kier molecular flexibility index (Phi) is 4.26. The summed E-state index contributed by atoms with van der Waals surface area (Å²) in [5.41, 5.74) is 11.5. The van der Waals surface area contributed by atoms with Crippen molar-refractivity contribution in [3.8, 4) is 16.8 Å². The van der Waals surface area contributed by atoms with Gasteiger partial charge in [-0.25, -0.2) is 0 Å². The molecule has 0 radical (unpaired) electrons. The van der Waals surface area contributed by atoms with Crippen molar-refractivity contribution in [2.24, 2.45) is 0 Å². The van der Waals surface area contributed by atoms with Crippen LogP contribution in [0.1, 0.15) is 22.3 Å². The molecule has 0 N–H and O–H groups in total. The van der Waals surface area contributed by atoms with Gasteiger partial charge in [-0.2, -0.15) is 0 Å². The first kappa shape index (κ1) is 21.4. The Labute approximate surface area is 231 Å². The molecule has 1 aromatic heterocycles. The fraction of sp³-hybridized carbons (Fsp3) is 0.0270. The van der Waals surface area contributed by atoms with E-state index in [1.165, 1.54) is 70.7 Å². The predicted molar refractivity (Wildman–Crippen MR) is 162 cm³/mol. The second-order valence-corrected chi connectivity index (χ2v) is 11.6. The van der Waals surface area contributed by atoms with E-state index in [9.17, 15) is 0 Å². The molecular formula is C37H23NS. The summed E-state index contributed by atoms with van der Waals surface area (Å²) in [7, 11) is 0. The Balaban J connectivity index is 1.50. The largest absolute Gasteiger partial charge is 0.309 e. The highest BCUT2D eigenvalue weighted by atomic mass is 32.2. The van der Waals surface area contributed by atoms with E-state index < -0.39 is 0 Å². The molecule has 0 unspecified atom stereocenters. The van der Waals surface area contributed by atoms with Crippen molar-refractivity contribution in [3.05, 3.63) is 162 Å². The summed E-state index contributed by atoms with van der Waals surface area (Å²) in [5, 5.41) is 2.59. The predicted octanol–water partition coefficient (Wildman–Crippen LogP) is 9.61. The van der Waals surface area contributed by atoms with Crippen LogP contribution in [0, 0.1) is 0 Å². The van der Waals surface area contributed by atoms with Gasteiger partial charge in [0.25, 0.3) is 0 Å². The van der Waals surface area contributed by atoms with Gasteiger partial charge in [-0.3, -0.25) is 0 Å². The summed E-state index contributed by atoms with van der Waals surface area (Å²) in [4.78, 5) is 2.67. The van der Waals surface area contributed by atoms with E-state index in [4.69, 9.17) is 0 Å². The first-order valence-electron chi connectivity index (χ1n) is 13.5. The lowest BCUT2D eigenvalue weighted by atomic mass is 9.67. The molecule has 0 amide bonds. The van der Waals surface area contributed by atoms with Crippen LogP contribution in [0.15, 0.2) is 149 Å². The van der Waals surface area contributed by atoms with Gasteiger partial charge in [0.2, 0.25) is 0 Å². The van der Waals surface area contributed by atoms with Gasteiger partial charge in [-0.1, -0.05) is 109 Å². The van der Waals surface area contributed by atoms with Crippen LogP contribution < -0.4 is 0 Å². The molecule has 7 aromatic rings. The first-order valence-corrected chi connectivity index (χ1v) is 14.3. The van der Waals surface area contributed by atoms with Gasteiger partial charge >= 0.3 is 0 Å². The number of para-hydroxylation sites is 2. The zero-order valence-corrected chi connectivity index (χ0v) is 22.0. The molecule has 0 fully saturated rings. The molecule has 2 aliphatic rings. The molecule has 6 aromatic carbocycles. The number of hydrogen-bond donors (Lipinski definition) is 0. The van der Waals surface area contributed by atoms with Crippen molar-refractivity contribution >= 4 is 33.6 Å². The lowest BCUT2D eigenvalue weighted by molar-refractivity contribution is 0.723. The second-order valence-electron chi connectivity index (χ2n) is 10.5. The van der Waals surface area contributed by atoms with Crippen molar-refractivity contribution < 1.29 is 0 Å². The molecule has 1 aliphatic heterocycles. The van der Waals surface area contributed by atoms with Gasteiger partial charge in [-0.15, -0.1) is 0 Å². The molecule has 2 heterocycles. The minimum atomic E-state index is -0.365. The molecule has 1 aliphatic carbocycles. The molecule has 39 heavy (non-hydrogen) atoms. The highest BCUT2D eigenvalue weighted by Gasteiger charge is 2.50. The SMILES string of the molecule is c1ccc(-n2c3ccccc3c3cc4c(cc32)C2(c3ccccc3Sc3ccccc32)c2ccccc2-4)cc1. The average molecular weight is 514 g/mol. The van der Waals surface area contributed by atoms with Crippen molar-refractivity contribution in [1.82, 2.24) is 4.57 Å². The number of benzene rings is 6. The molecule has 182 valence electrons. The Morgan fingerprint density at radius 3 is 1.82 bits per heavy atom. The molecule has 1 nitrogen and oxygen atoms in total. The second kappa shape index (κ2) is 7.75. The van der Waals surface area contributed by atoms with Gasteiger partial charge in [0.15, 0.2) is 0 Å². The maximum Gasteiger partial charge on any atom is 0.0736 e. The van der Waals surface area contributed by atoms with Crippen LogP contribution in [0.4, 0.5) is 0 Å². The van der Waals surface area contributed by atoms with Gasteiger partial charge < -0.3 is 4.57 Å². The fourth-order valence-corrected chi connectivity index (χ4v) is 8.36. The van der Waals surface area contributed by atoms with Crippen molar-refractivity contribution in [3.63, 3.8) is 0 Å². The standard InChI is InChI=1S/C37H23NS/c1-2-12-24(13-3-1)38-33-19-9-5-15-26(33)28-22-27-25-14-4-6-16-29(25)37(32(27)23-34(28)38)30-17-7-10-20-35(30)39-36-21-11-8-18-31(36)37/h1-23H. The molecule has 9 rings (SSSR count). The van der Waals surface area contributed by atoms with E-state index in [0.29, 0.717) is 0 Å². The highest BCUT2D eigenvalue weighted by molar-refractivity contribution is 7.99. The monoisotopic (exact) mass is 513 g/mol. The first-order chi connectivity index (χ1) is 19.4. The highest BCUT2D eigenvalue weighted by Crippen LogP contribution is 2.62. The van der Waals surface area contributed by atoms with Gasteiger partial charge in [0, 0.05) is 26.3 Å². The third kappa shape index (κ3) is 2.67. The lowest BCUT2D eigenvalue weighted by Gasteiger charge is -2.39. The number of nitrogens with zero attached hydrogens (tertiary/aromatic N) is 1. The third-order valence-corrected chi connectivity index (χ3v) is 9.81. The van der Waals surface area contributed by atoms with E-state index in [1.54, 1.807) is 0 Å². The zero-order valence-electron chi connectivity index (χ0n) is 21.1. The summed E-state index contributed by atoms with van der Waals surface area (Å²) in [6, 6.07) is 51.7. The van der Waals surface area contributed by atoms with Crippen molar-refractivity contribution in [2.75, 3.05) is 0 Å². The van der Waals surface area contributed by atoms with E-state index in [2.05, 4.69) is 144 Å². The van der Waals surface area contributed by atoms with Crippen molar-refractivity contribution in [1.29, 1.82) is 0 Å². The van der Waals surface area contributed by atoms with E-state index >= 15 is 0 Å². The minimum absolute atomic E-state index is 0.365. The number of fused-ring (bicyclic) bond motifs is 12. The van der Waals surface area contributed by atoms with E-state index in [-0.39, 0.29) is 5.41 Å². The summed E-state index contributed by atoms with van der Waals surface area (Å²) < 4.78 is 2.44. The Morgan fingerprint density at radius 2 is 1.05 bits per heavy atom. The van der Waals surface area contributed by atoms with Crippen LogP contribution in [0.2, 0.25) is 0 Å². The van der Waals surface area contributed by atoms with E-state index in [1.807, 2.05) is 11.8 Å². The number of aromatic nitrogens is 1. The minimum Gasteiger partial charge on any atom is -0.309 e. The summed E-state index contributed by atoms with van der Waals surface area (Å²) in [6.07, 6.45) is 0. The smallest absolute Gasteiger partial charge is 0.0736 e. The summed E-state index contributed by atoms with van der Waals surface area (Å²) >= 11 is 1.89. The third-order valence-electron chi connectivity index (χ3n) is 8.65. The molecule has 1 spiro atoms. The molecule has 0 saturated heterocycles. The topological polar surface area (TPSA) is 4.93 Å². The van der Waals surface area contributed by atoms with Crippen LogP contribution in [-0.4, -0.2) is 4.57 Å². The van der Waals surface area contributed by atoms with Gasteiger partial charge in [-0.05, 0) is 75.8 Å². The van der Waals surface area contributed by atoms with Crippen LogP contribution in [0.3, 0.4) is 0 Å². The van der Waals surface area contributed by atoms with Crippen LogP contribution in [0.5, 0.6) is 0 Å². The van der Waals surface area contributed by atoms with Gasteiger partial charge in [0.05, 0.1) is 16.4 Å². The van der Waals surface area contributed by atoms with Crippen molar-refractivity contribution in [2.45, 2.75) is 15.2 Å². The molecular weight excluding hydrogens is 490 g/mol.